The van der Waals surface area contributed by atoms with Gasteiger partial charge in [0.05, 0.1) is 23.9 Å². The Morgan fingerprint density at radius 1 is 0.658 bits per heavy atom. The molecule has 0 spiro atoms. The maximum absolute atomic E-state index is 14.2. The van der Waals surface area contributed by atoms with E-state index in [0.717, 1.165) is 38.5 Å². The van der Waals surface area contributed by atoms with Crippen LogP contribution in [0.1, 0.15) is 26.3 Å². The third-order valence-electron chi connectivity index (χ3n) is 6.77. The van der Waals surface area contributed by atoms with Crippen LogP contribution >= 0.6 is 0 Å². The maximum atomic E-state index is 14.2. The van der Waals surface area contributed by atoms with E-state index in [0.29, 0.717) is 16.7 Å². The molecule has 0 bridgehead atoms. The second-order valence-corrected chi connectivity index (χ2v) is 8.99. The van der Waals surface area contributed by atoms with Crippen molar-refractivity contribution in [1.82, 2.24) is 4.98 Å². The molecule has 4 nitrogen and oxygen atoms in total. The average molecular weight is 494 g/mol. The summed E-state index contributed by atoms with van der Waals surface area (Å²) < 4.78 is 5.22. The number of esters is 1. The van der Waals surface area contributed by atoms with Crippen molar-refractivity contribution in [2.45, 2.75) is 0 Å². The van der Waals surface area contributed by atoms with E-state index in [-0.39, 0.29) is 11.3 Å². The summed E-state index contributed by atoms with van der Waals surface area (Å²) >= 11 is 0. The Kier molecular flexibility index (Phi) is 5.98. The van der Waals surface area contributed by atoms with Crippen molar-refractivity contribution in [3.05, 3.63) is 138 Å². The average Bonchev–Trinajstić information content (AvgIpc) is 3.00. The number of methoxy groups -OCH3 is 1. The zero-order valence-electron chi connectivity index (χ0n) is 20.7. The first-order valence-corrected chi connectivity index (χ1v) is 12.4. The van der Waals surface area contributed by atoms with Crippen molar-refractivity contribution < 1.29 is 14.3 Å². The Labute approximate surface area is 220 Å². The summed E-state index contributed by atoms with van der Waals surface area (Å²) in [6.45, 7) is 0. The molecule has 182 valence electrons. The minimum absolute atomic E-state index is 0.210. The number of ketones is 1. The molecule has 0 radical (unpaired) electrons. The first-order chi connectivity index (χ1) is 18.7. The molecule has 0 fully saturated rings. The van der Waals surface area contributed by atoms with Gasteiger partial charge in [0, 0.05) is 38.4 Å². The molecule has 38 heavy (non-hydrogen) atoms. The number of benzene rings is 5. The molecule has 0 saturated carbocycles. The van der Waals surface area contributed by atoms with Gasteiger partial charge in [-0.05, 0) is 17.7 Å². The summed E-state index contributed by atoms with van der Waals surface area (Å²) in [5, 5.41) is 2.55. The molecular formula is C34H23NO3. The monoisotopic (exact) mass is 493 g/mol. The predicted octanol–water partition coefficient (Wildman–Crippen LogP) is 7.74. The number of nitrogens with zero attached hydrogens (tertiary/aromatic N) is 1. The lowest BCUT2D eigenvalue weighted by atomic mass is 9.83. The quantitative estimate of drug-likeness (QED) is 0.140. The van der Waals surface area contributed by atoms with Crippen LogP contribution in [-0.4, -0.2) is 23.8 Å². The number of fused-ring (bicyclic) bond motifs is 3. The normalized spacial score (nSPS) is 11.0. The van der Waals surface area contributed by atoms with Gasteiger partial charge in [-0.25, -0.2) is 9.78 Å². The molecule has 0 N–H and O–H groups in total. The van der Waals surface area contributed by atoms with Gasteiger partial charge in [0.15, 0.2) is 5.78 Å². The molecule has 1 aromatic heterocycles. The number of carbonyl (C=O) groups is 2. The van der Waals surface area contributed by atoms with Crippen molar-refractivity contribution in [2.24, 2.45) is 0 Å². The van der Waals surface area contributed by atoms with Crippen molar-refractivity contribution in [3.63, 3.8) is 0 Å². The zero-order chi connectivity index (χ0) is 26.1. The van der Waals surface area contributed by atoms with Crippen LogP contribution < -0.4 is 0 Å². The van der Waals surface area contributed by atoms with Crippen molar-refractivity contribution in [2.75, 3.05) is 7.11 Å². The molecule has 0 aliphatic rings. The molecule has 0 saturated heterocycles. The van der Waals surface area contributed by atoms with Crippen molar-refractivity contribution in [1.29, 1.82) is 0 Å². The SMILES string of the molecule is COC(=O)c1cc2c(-c3ccccc3)nc3ccccc3c2c(-c2ccccc2)c1C(=O)c1ccccc1. The number of rotatable bonds is 5. The predicted molar refractivity (Wildman–Crippen MR) is 151 cm³/mol. The number of hydrogen-bond donors (Lipinski definition) is 0. The molecule has 5 aromatic carbocycles. The second-order valence-electron chi connectivity index (χ2n) is 8.99. The summed E-state index contributed by atoms with van der Waals surface area (Å²) in [6, 6.07) is 38.3. The summed E-state index contributed by atoms with van der Waals surface area (Å²) in [7, 11) is 1.34. The highest BCUT2D eigenvalue weighted by Gasteiger charge is 2.28. The van der Waals surface area contributed by atoms with Gasteiger partial charge in [0.25, 0.3) is 0 Å². The van der Waals surface area contributed by atoms with Gasteiger partial charge in [-0.3, -0.25) is 4.79 Å². The highest BCUT2D eigenvalue weighted by molar-refractivity contribution is 6.27. The summed E-state index contributed by atoms with van der Waals surface area (Å²) in [5.74, 6) is -0.815. The van der Waals surface area contributed by atoms with E-state index in [2.05, 4.69) is 0 Å². The summed E-state index contributed by atoms with van der Waals surface area (Å²) in [5.41, 5.74) is 5.00. The van der Waals surface area contributed by atoms with Crippen LogP contribution in [-0.2, 0) is 4.74 Å². The Morgan fingerprint density at radius 2 is 1.24 bits per heavy atom. The maximum Gasteiger partial charge on any atom is 0.338 e. The molecule has 1 heterocycles. The van der Waals surface area contributed by atoms with Crippen molar-refractivity contribution >= 4 is 33.4 Å². The van der Waals surface area contributed by atoms with E-state index in [4.69, 9.17) is 9.72 Å². The van der Waals surface area contributed by atoms with E-state index in [9.17, 15) is 9.59 Å². The van der Waals surface area contributed by atoms with Gasteiger partial charge in [0.1, 0.15) is 0 Å². The van der Waals surface area contributed by atoms with Crippen LogP contribution in [0.25, 0.3) is 44.1 Å². The second kappa shape index (κ2) is 9.75. The number of hydrogen-bond acceptors (Lipinski definition) is 4. The minimum atomic E-state index is -0.574. The molecule has 0 amide bonds. The van der Waals surface area contributed by atoms with Crippen molar-refractivity contribution in [3.8, 4) is 22.4 Å². The molecular weight excluding hydrogens is 470 g/mol. The van der Waals surface area contributed by atoms with E-state index < -0.39 is 5.97 Å². The number of carbonyl (C=O) groups excluding carboxylic acids is 2. The summed E-state index contributed by atoms with van der Waals surface area (Å²) in [6.07, 6.45) is 0. The lowest BCUT2D eigenvalue weighted by Gasteiger charge is -2.20. The standard InChI is InChI=1S/C34H23NO3/c1-38-34(37)27-21-26-30(25-19-11-12-20-28(25)35-32(26)23-15-7-3-8-16-23)29(22-13-5-2-6-14-22)31(27)33(36)24-17-9-4-10-18-24/h2-21H,1H3. The van der Waals surface area contributed by atoms with Crippen LogP contribution in [0, 0.1) is 0 Å². The van der Waals surface area contributed by atoms with Crippen LogP contribution in [0.15, 0.2) is 121 Å². The first kappa shape index (κ1) is 23.3. The van der Waals surface area contributed by atoms with E-state index in [1.807, 2.05) is 103 Å². The number of ether oxygens (including phenoxy) is 1. The number of aromatic nitrogens is 1. The highest BCUT2D eigenvalue weighted by Crippen LogP contribution is 2.42. The van der Waals surface area contributed by atoms with E-state index in [1.165, 1.54) is 7.11 Å². The van der Waals surface area contributed by atoms with Gasteiger partial charge in [-0.2, -0.15) is 0 Å². The van der Waals surface area contributed by atoms with Gasteiger partial charge < -0.3 is 4.74 Å². The van der Waals surface area contributed by atoms with Gasteiger partial charge in [0.2, 0.25) is 0 Å². The Hall–Kier alpha value is -5.09. The fourth-order valence-electron chi connectivity index (χ4n) is 5.06. The highest BCUT2D eigenvalue weighted by atomic mass is 16.5. The van der Waals surface area contributed by atoms with Crippen LogP contribution in [0.5, 0.6) is 0 Å². The van der Waals surface area contributed by atoms with Crippen LogP contribution in [0.2, 0.25) is 0 Å². The molecule has 0 unspecified atom stereocenters. The lowest BCUT2D eigenvalue weighted by Crippen LogP contribution is -2.14. The fraction of sp³-hybridized carbons (Fsp3) is 0.0294. The molecule has 0 atom stereocenters. The third-order valence-corrected chi connectivity index (χ3v) is 6.77. The topological polar surface area (TPSA) is 56.3 Å². The Balaban J connectivity index is 1.87. The molecule has 0 aliphatic carbocycles. The zero-order valence-corrected chi connectivity index (χ0v) is 20.7. The molecule has 4 heteroatoms. The lowest BCUT2D eigenvalue weighted by molar-refractivity contribution is 0.0598. The smallest absolute Gasteiger partial charge is 0.338 e. The molecule has 6 aromatic rings. The Morgan fingerprint density at radius 3 is 1.89 bits per heavy atom. The summed E-state index contributed by atoms with van der Waals surface area (Å²) in [4.78, 5) is 32.5. The first-order valence-electron chi connectivity index (χ1n) is 12.4. The minimum Gasteiger partial charge on any atom is -0.465 e. The van der Waals surface area contributed by atoms with Gasteiger partial charge in [-0.15, -0.1) is 0 Å². The van der Waals surface area contributed by atoms with Gasteiger partial charge >= 0.3 is 5.97 Å². The Bertz CT molecular complexity index is 1810. The molecule has 0 aliphatic heterocycles. The fourth-order valence-corrected chi connectivity index (χ4v) is 5.06. The molecule has 6 rings (SSSR count). The van der Waals surface area contributed by atoms with Gasteiger partial charge in [-0.1, -0.05) is 109 Å². The number of para-hydroxylation sites is 1. The van der Waals surface area contributed by atoms with Crippen LogP contribution in [0.3, 0.4) is 0 Å². The van der Waals surface area contributed by atoms with E-state index in [1.54, 1.807) is 18.2 Å². The largest absolute Gasteiger partial charge is 0.465 e. The number of pyridine rings is 1. The van der Waals surface area contributed by atoms with E-state index >= 15 is 0 Å². The van der Waals surface area contributed by atoms with Crippen LogP contribution in [0.4, 0.5) is 0 Å². The third kappa shape index (κ3) is 3.93.